The van der Waals surface area contributed by atoms with Gasteiger partial charge in [0.05, 0.1) is 12.1 Å². The zero-order valence-electron chi connectivity index (χ0n) is 14.6. The number of ketones is 1. The second-order valence-corrected chi connectivity index (χ2v) is 6.74. The van der Waals surface area contributed by atoms with E-state index in [-0.39, 0.29) is 23.8 Å². The Labute approximate surface area is 150 Å². The van der Waals surface area contributed by atoms with Crippen molar-refractivity contribution in [3.05, 3.63) is 35.8 Å². The molecule has 3 heterocycles. The molecule has 2 aromatic rings. The number of hydrogen-bond acceptors (Lipinski definition) is 6. The molecule has 0 aromatic carbocycles. The van der Waals surface area contributed by atoms with Gasteiger partial charge in [-0.25, -0.2) is 4.98 Å². The zero-order chi connectivity index (χ0) is 18.3. The molecule has 1 N–H and O–H groups in total. The SMILES string of the molecule is CC(C)OC(=O)C1C(=O)/C(=C/c2c[nH]c3ncccc23)OC1=NC1CC1. The lowest BCUT2D eigenvalue weighted by Gasteiger charge is -2.10. The number of nitrogens with zero attached hydrogens (tertiary/aromatic N) is 2. The summed E-state index contributed by atoms with van der Waals surface area (Å²) in [7, 11) is 0. The average molecular weight is 353 g/mol. The normalized spacial score (nSPS) is 23.2. The Morgan fingerprint density at radius 2 is 2.27 bits per heavy atom. The van der Waals surface area contributed by atoms with Crippen LogP contribution < -0.4 is 0 Å². The van der Waals surface area contributed by atoms with E-state index < -0.39 is 17.7 Å². The van der Waals surface area contributed by atoms with Crippen LogP contribution in [0.2, 0.25) is 0 Å². The van der Waals surface area contributed by atoms with Gasteiger partial charge in [-0.15, -0.1) is 0 Å². The van der Waals surface area contributed by atoms with Crippen molar-refractivity contribution in [3.63, 3.8) is 0 Å². The Bertz CT molecular complexity index is 937. The summed E-state index contributed by atoms with van der Waals surface area (Å²) >= 11 is 0. The predicted molar refractivity (Wildman–Crippen MR) is 95.3 cm³/mol. The van der Waals surface area contributed by atoms with Gasteiger partial charge in [-0.05, 0) is 44.9 Å². The van der Waals surface area contributed by atoms with Crippen LogP contribution >= 0.6 is 0 Å². The van der Waals surface area contributed by atoms with Gasteiger partial charge >= 0.3 is 5.97 Å². The molecule has 1 atom stereocenters. The van der Waals surface area contributed by atoms with E-state index >= 15 is 0 Å². The van der Waals surface area contributed by atoms with Crippen molar-refractivity contribution in [2.75, 3.05) is 0 Å². The van der Waals surface area contributed by atoms with E-state index in [4.69, 9.17) is 9.47 Å². The first-order valence-corrected chi connectivity index (χ1v) is 8.67. The summed E-state index contributed by atoms with van der Waals surface area (Å²) in [5.41, 5.74) is 1.48. The lowest BCUT2D eigenvalue weighted by Crippen LogP contribution is -2.29. The third kappa shape index (κ3) is 3.12. The summed E-state index contributed by atoms with van der Waals surface area (Å²) in [5, 5.41) is 0.866. The van der Waals surface area contributed by atoms with Crippen molar-refractivity contribution in [1.29, 1.82) is 0 Å². The molecule has 1 saturated carbocycles. The molecule has 2 fully saturated rings. The second-order valence-electron chi connectivity index (χ2n) is 6.74. The van der Waals surface area contributed by atoms with Gasteiger partial charge in [0, 0.05) is 23.3 Å². The molecule has 1 aliphatic carbocycles. The molecule has 7 heteroatoms. The maximum absolute atomic E-state index is 12.8. The fourth-order valence-corrected chi connectivity index (χ4v) is 2.81. The Hall–Kier alpha value is -2.96. The largest absolute Gasteiger partial charge is 0.462 e. The number of allylic oxidation sites excluding steroid dienone is 1. The minimum absolute atomic E-state index is 0.0971. The highest BCUT2D eigenvalue weighted by molar-refractivity contribution is 6.27. The van der Waals surface area contributed by atoms with Crippen molar-refractivity contribution >= 4 is 34.8 Å². The number of carbonyl (C=O) groups is 2. The predicted octanol–water partition coefficient (Wildman–Crippen LogP) is 2.63. The van der Waals surface area contributed by atoms with Crippen molar-refractivity contribution in [2.45, 2.75) is 38.8 Å². The number of hydrogen-bond donors (Lipinski definition) is 1. The van der Waals surface area contributed by atoms with Gasteiger partial charge in [-0.1, -0.05) is 0 Å². The number of esters is 1. The van der Waals surface area contributed by atoms with E-state index in [0.29, 0.717) is 5.65 Å². The van der Waals surface area contributed by atoms with Gasteiger partial charge in [0.15, 0.2) is 11.7 Å². The second kappa shape index (κ2) is 6.40. The molecular weight excluding hydrogens is 334 g/mol. The van der Waals surface area contributed by atoms with Crippen LogP contribution in [0.4, 0.5) is 0 Å². The van der Waals surface area contributed by atoms with E-state index in [0.717, 1.165) is 23.8 Å². The number of H-pyrrole nitrogens is 1. The van der Waals surface area contributed by atoms with Gasteiger partial charge in [0.1, 0.15) is 5.65 Å². The lowest BCUT2D eigenvalue weighted by atomic mass is 10.0. The number of rotatable bonds is 4. The first-order chi connectivity index (χ1) is 12.5. The van der Waals surface area contributed by atoms with Crippen LogP contribution in [0.5, 0.6) is 0 Å². The molecule has 134 valence electrons. The average Bonchev–Trinajstić information content (AvgIpc) is 3.23. The Balaban J connectivity index is 1.69. The molecular formula is C19H19N3O4. The van der Waals surface area contributed by atoms with Crippen LogP contribution in [0.25, 0.3) is 17.1 Å². The van der Waals surface area contributed by atoms with E-state index in [2.05, 4.69) is 15.0 Å². The highest BCUT2D eigenvalue weighted by atomic mass is 16.6. The molecule has 0 spiro atoms. The summed E-state index contributed by atoms with van der Waals surface area (Å²) in [6.45, 7) is 3.48. The van der Waals surface area contributed by atoms with Gasteiger partial charge in [0.2, 0.25) is 11.7 Å². The van der Waals surface area contributed by atoms with Crippen LogP contribution in [0.1, 0.15) is 32.3 Å². The molecule has 7 nitrogen and oxygen atoms in total. The van der Waals surface area contributed by atoms with Crippen molar-refractivity contribution in [2.24, 2.45) is 10.9 Å². The van der Waals surface area contributed by atoms with Crippen molar-refractivity contribution in [1.82, 2.24) is 9.97 Å². The standard InChI is InChI=1S/C19H19N3O4/c1-10(2)25-19(24)15-16(23)14(26-18(15)22-12-5-6-12)8-11-9-21-17-13(11)4-3-7-20-17/h3-4,7-10,12,15H,5-6H2,1-2H3,(H,20,21)/b14-8-,22-18?. The van der Waals surface area contributed by atoms with E-state index in [1.54, 1.807) is 32.3 Å². The number of Topliss-reactive ketones (excluding diaryl/α,β-unsaturated/α-hetero) is 1. The molecule has 1 unspecified atom stereocenters. The first-order valence-electron chi connectivity index (χ1n) is 8.67. The number of pyridine rings is 1. The van der Waals surface area contributed by atoms with Gasteiger partial charge in [-0.2, -0.15) is 0 Å². The van der Waals surface area contributed by atoms with E-state index in [9.17, 15) is 9.59 Å². The highest BCUT2D eigenvalue weighted by Crippen LogP contribution is 2.31. The molecule has 4 rings (SSSR count). The molecule has 0 bridgehead atoms. The number of fused-ring (bicyclic) bond motifs is 1. The van der Waals surface area contributed by atoms with Gasteiger partial charge in [0.25, 0.3) is 0 Å². The Morgan fingerprint density at radius 3 is 3.00 bits per heavy atom. The summed E-state index contributed by atoms with van der Waals surface area (Å²) in [4.78, 5) is 36.9. The number of ether oxygens (including phenoxy) is 2. The number of aromatic nitrogens is 2. The minimum atomic E-state index is -1.12. The molecule has 1 saturated heterocycles. The van der Waals surface area contributed by atoms with Crippen LogP contribution in [0.15, 0.2) is 35.3 Å². The summed E-state index contributed by atoms with van der Waals surface area (Å²) < 4.78 is 10.9. The first kappa shape index (κ1) is 16.5. The summed E-state index contributed by atoms with van der Waals surface area (Å²) in [5.74, 6) is -1.92. The summed E-state index contributed by atoms with van der Waals surface area (Å²) in [6.07, 6.45) is 6.63. The minimum Gasteiger partial charge on any atom is -0.462 e. The molecule has 2 aromatic heterocycles. The van der Waals surface area contributed by atoms with Crippen molar-refractivity contribution in [3.8, 4) is 0 Å². The topological polar surface area (TPSA) is 93.6 Å². The molecule has 26 heavy (non-hydrogen) atoms. The van der Waals surface area contributed by atoms with Crippen LogP contribution in [0, 0.1) is 5.92 Å². The maximum Gasteiger partial charge on any atom is 0.326 e. The zero-order valence-corrected chi connectivity index (χ0v) is 14.6. The Kier molecular flexibility index (Phi) is 4.06. The Morgan fingerprint density at radius 1 is 1.46 bits per heavy atom. The number of aromatic amines is 1. The van der Waals surface area contributed by atoms with E-state index in [1.165, 1.54) is 0 Å². The fourth-order valence-electron chi connectivity index (χ4n) is 2.81. The van der Waals surface area contributed by atoms with Crippen LogP contribution in [-0.2, 0) is 19.1 Å². The quantitative estimate of drug-likeness (QED) is 0.518. The highest BCUT2D eigenvalue weighted by Gasteiger charge is 2.45. The van der Waals surface area contributed by atoms with E-state index in [1.807, 2.05) is 12.1 Å². The third-order valence-corrected chi connectivity index (χ3v) is 4.18. The van der Waals surface area contributed by atoms with Gasteiger partial charge in [-0.3, -0.25) is 14.6 Å². The maximum atomic E-state index is 12.8. The molecule has 2 aliphatic rings. The lowest BCUT2D eigenvalue weighted by molar-refractivity contribution is -0.151. The molecule has 1 aliphatic heterocycles. The monoisotopic (exact) mass is 353 g/mol. The third-order valence-electron chi connectivity index (χ3n) is 4.18. The molecule has 0 amide bonds. The smallest absolute Gasteiger partial charge is 0.326 e. The fraction of sp³-hybridized carbons (Fsp3) is 0.368. The number of aliphatic imine (C=N–C) groups is 1. The molecule has 0 radical (unpaired) electrons. The number of carbonyl (C=O) groups excluding carboxylic acids is 2. The number of nitrogens with one attached hydrogen (secondary N) is 1. The van der Waals surface area contributed by atoms with Crippen LogP contribution in [-0.4, -0.2) is 39.8 Å². The van der Waals surface area contributed by atoms with Crippen LogP contribution in [0.3, 0.4) is 0 Å². The van der Waals surface area contributed by atoms with Crippen molar-refractivity contribution < 1.29 is 19.1 Å². The van der Waals surface area contributed by atoms with Gasteiger partial charge < -0.3 is 14.5 Å². The summed E-state index contributed by atoms with van der Waals surface area (Å²) in [6, 6.07) is 3.84.